The first-order chi connectivity index (χ1) is 19.9. The quantitative estimate of drug-likeness (QED) is 0.256. The van der Waals surface area contributed by atoms with Crippen LogP contribution in [0.2, 0.25) is 0 Å². The van der Waals surface area contributed by atoms with Gasteiger partial charge in [-0.1, -0.05) is 61.7 Å². The van der Waals surface area contributed by atoms with E-state index >= 15 is 0 Å². The molecule has 1 spiro atoms. The Bertz CT molecular complexity index is 1120. The molecule has 0 unspecified atom stereocenters. The molecule has 222 valence electrons. The molecule has 3 fully saturated rings. The van der Waals surface area contributed by atoms with E-state index in [0.717, 1.165) is 64.2 Å². The van der Waals surface area contributed by atoms with Crippen molar-refractivity contribution in [3.05, 3.63) is 65.7 Å². The van der Waals surface area contributed by atoms with Crippen LogP contribution in [0.1, 0.15) is 62.5 Å². The first-order valence-corrected chi connectivity index (χ1v) is 15.7. The Balaban J connectivity index is 1.21. The van der Waals surface area contributed by atoms with Gasteiger partial charge < -0.3 is 14.5 Å². The van der Waals surface area contributed by atoms with Crippen LogP contribution in [0, 0.1) is 5.92 Å². The van der Waals surface area contributed by atoms with Crippen LogP contribution in [-0.4, -0.2) is 90.5 Å². The van der Waals surface area contributed by atoms with E-state index in [1.165, 1.54) is 30.4 Å². The van der Waals surface area contributed by atoms with Gasteiger partial charge in [-0.15, -0.1) is 0 Å². The summed E-state index contributed by atoms with van der Waals surface area (Å²) in [5, 5.41) is 0. The maximum absolute atomic E-state index is 14.1. The highest BCUT2D eigenvalue weighted by atomic mass is 16.5. The molecule has 3 amide bonds. The molecular weight excluding hydrogens is 512 g/mol. The Morgan fingerprint density at radius 2 is 1.61 bits per heavy atom. The molecule has 2 heterocycles. The van der Waals surface area contributed by atoms with E-state index in [-0.39, 0.29) is 11.9 Å². The largest absolute Gasteiger partial charge is 0.494 e. The number of likely N-dealkylation sites (tertiary alicyclic amines) is 1. The van der Waals surface area contributed by atoms with Gasteiger partial charge in [0.05, 0.1) is 6.61 Å². The van der Waals surface area contributed by atoms with Crippen molar-refractivity contribution in [3.8, 4) is 5.75 Å². The number of carbonyl (C=O) groups excluding carboxylic acids is 2. The lowest BCUT2D eigenvalue weighted by Gasteiger charge is -2.42. The Hall–Kier alpha value is -2.90. The molecule has 0 bridgehead atoms. The summed E-state index contributed by atoms with van der Waals surface area (Å²) in [6, 6.07) is 18.7. The maximum Gasteiger partial charge on any atom is 0.327 e. The lowest BCUT2D eigenvalue weighted by Crippen LogP contribution is -2.56. The van der Waals surface area contributed by atoms with Crippen LogP contribution in [0.25, 0.3) is 0 Å². The highest BCUT2D eigenvalue weighted by Gasteiger charge is 2.57. The molecule has 1 saturated carbocycles. The molecule has 1 aliphatic carbocycles. The zero-order valence-electron chi connectivity index (χ0n) is 25.1. The van der Waals surface area contributed by atoms with Gasteiger partial charge in [-0.25, -0.2) is 4.79 Å². The standard InChI is InChI=1S/C34H48N4O3/c1-35(2)21-9-25-41-31-16-14-30(15-17-31)26-36-23-19-34(20-24-36)32(39)37(27-29-12-7-4-8-13-29)33(40)38(34)22-18-28-10-5-3-6-11-28/h3,5-6,10-11,14-17,29H,4,7-9,12-13,18-27H2,1-2H3. The molecule has 0 N–H and O–H groups in total. The van der Waals surface area contributed by atoms with E-state index in [0.29, 0.717) is 31.8 Å². The van der Waals surface area contributed by atoms with Gasteiger partial charge >= 0.3 is 6.03 Å². The Morgan fingerprint density at radius 3 is 2.29 bits per heavy atom. The smallest absolute Gasteiger partial charge is 0.327 e. The fraction of sp³-hybridized carbons (Fsp3) is 0.588. The molecule has 3 aliphatic rings. The molecule has 5 rings (SSSR count). The van der Waals surface area contributed by atoms with Crippen LogP contribution >= 0.6 is 0 Å². The highest BCUT2D eigenvalue weighted by Crippen LogP contribution is 2.39. The maximum atomic E-state index is 14.1. The number of amides is 3. The van der Waals surface area contributed by atoms with Crippen LogP contribution in [0.5, 0.6) is 5.75 Å². The van der Waals surface area contributed by atoms with Crippen molar-refractivity contribution in [2.75, 3.05) is 53.4 Å². The number of urea groups is 1. The summed E-state index contributed by atoms with van der Waals surface area (Å²) in [7, 11) is 4.15. The van der Waals surface area contributed by atoms with Gasteiger partial charge in [0.2, 0.25) is 0 Å². The number of hydrogen-bond donors (Lipinski definition) is 0. The molecule has 0 radical (unpaired) electrons. The average Bonchev–Trinajstić information content (AvgIpc) is 3.18. The van der Waals surface area contributed by atoms with E-state index in [4.69, 9.17) is 4.74 Å². The molecule has 0 atom stereocenters. The minimum Gasteiger partial charge on any atom is -0.494 e. The summed E-state index contributed by atoms with van der Waals surface area (Å²) < 4.78 is 5.90. The van der Waals surface area contributed by atoms with Crippen molar-refractivity contribution in [1.82, 2.24) is 19.6 Å². The lowest BCUT2D eigenvalue weighted by molar-refractivity contribution is -0.136. The summed E-state index contributed by atoms with van der Waals surface area (Å²) in [4.78, 5) is 36.1. The molecule has 2 aliphatic heterocycles. The van der Waals surface area contributed by atoms with E-state index in [2.05, 4.69) is 60.3 Å². The minimum absolute atomic E-state index is 0.0524. The number of ether oxygens (including phenoxy) is 1. The highest BCUT2D eigenvalue weighted by molar-refractivity contribution is 6.07. The van der Waals surface area contributed by atoms with Crippen molar-refractivity contribution in [3.63, 3.8) is 0 Å². The Morgan fingerprint density at radius 1 is 0.902 bits per heavy atom. The second-order valence-electron chi connectivity index (χ2n) is 12.5. The monoisotopic (exact) mass is 560 g/mol. The van der Waals surface area contributed by atoms with Crippen LogP contribution < -0.4 is 4.74 Å². The fourth-order valence-electron chi connectivity index (χ4n) is 6.85. The topological polar surface area (TPSA) is 56.3 Å². The number of benzene rings is 2. The van der Waals surface area contributed by atoms with Gasteiger partial charge in [0, 0.05) is 39.3 Å². The van der Waals surface area contributed by atoms with Gasteiger partial charge in [-0.3, -0.25) is 14.6 Å². The second kappa shape index (κ2) is 13.8. The van der Waals surface area contributed by atoms with Crippen molar-refractivity contribution in [1.29, 1.82) is 0 Å². The summed E-state index contributed by atoms with van der Waals surface area (Å²) in [5.41, 5.74) is 1.74. The van der Waals surface area contributed by atoms with E-state index in [9.17, 15) is 9.59 Å². The molecule has 2 aromatic rings. The van der Waals surface area contributed by atoms with Gasteiger partial charge in [-0.2, -0.15) is 0 Å². The molecule has 2 aromatic carbocycles. The Labute approximate surface area is 246 Å². The van der Waals surface area contributed by atoms with Crippen LogP contribution in [0.15, 0.2) is 54.6 Å². The molecule has 2 saturated heterocycles. The third kappa shape index (κ3) is 7.31. The number of nitrogens with zero attached hydrogens (tertiary/aromatic N) is 4. The van der Waals surface area contributed by atoms with E-state index < -0.39 is 5.54 Å². The number of hydrogen-bond acceptors (Lipinski definition) is 5. The molecule has 41 heavy (non-hydrogen) atoms. The Kier molecular flexibility index (Phi) is 9.99. The van der Waals surface area contributed by atoms with Crippen molar-refractivity contribution < 1.29 is 14.3 Å². The minimum atomic E-state index is -0.707. The van der Waals surface area contributed by atoms with Crippen LogP contribution in [0.3, 0.4) is 0 Å². The third-order valence-electron chi connectivity index (χ3n) is 9.29. The zero-order chi connectivity index (χ0) is 28.7. The van der Waals surface area contributed by atoms with E-state index in [1.807, 2.05) is 23.1 Å². The number of imide groups is 1. The van der Waals surface area contributed by atoms with Crippen molar-refractivity contribution >= 4 is 11.9 Å². The number of carbonyl (C=O) groups is 2. The predicted octanol–water partition coefficient (Wildman–Crippen LogP) is 5.44. The van der Waals surface area contributed by atoms with E-state index in [1.54, 1.807) is 4.90 Å². The summed E-state index contributed by atoms with van der Waals surface area (Å²) in [5.74, 6) is 1.41. The molecule has 7 nitrogen and oxygen atoms in total. The number of piperidine rings is 1. The van der Waals surface area contributed by atoms with Gasteiger partial charge in [-0.05, 0) is 81.8 Å². The van der Waals surface area contributed by atoms with Crippen molar-refractivity contribution in [2.45, 2.75) is 69.9 Å². The van der Waals surface area contributed by atoms with Gasteiger partial charge in [0.15, 0.2) is 0 Å². The SMILES string of the molecule is CN(C)CCCOc1ccc(CN2CCC3(CC2)C(=O)N(CC2CCCCC2)C(=O)N3CCc2ccccc2)cc1. The van der Waals surface area contributed by atoms with Crippen LogP contribution in [0.4, 0.5) is 4.79 Å². The summed E-state index contributed by atoms with van der Waals surface area (Å²) in [6.45, 7) is 5.37. The third-order valence-corrected chi connectivity index (χ3v) is 9.29. The number of rotatable bonds is 12. The summed E-state index contributed by atoms with van der Waals surface area (Å²) >= 11 is 0. The lowest BCUT2D eigenvalue weighted by atomic mass is 9.84. The first-order valence-electron chi connectivity index (χ1n) is 15.7. The second-order valence-corrected chi connectivity index (χ2v) is 12.5. The first kappa shape index (κ1) is 29.6. The molecule has 7 heteroatoms. The van der Waals surface area contributed by atoms with Crippen LogP contribution in [-0.2, 0) is 17.8 Å². The normalized spacial score (nSPS) is 20.0. The predicted molar refractivity (Wildman–Crippen MR) is 163 cm³/mol. The molecule has 0 aromatic heterocycles. The van der Waals surface area contributed by atoms with Gasteiger partial charge in [0.1, 0.15) is 11.3 Å². The zero-order valence-corrected chi connectivity index (χ0v) is 25.1. The summed E-state index contributed by atoms with van der Waals surface area (Å²) in [6.07, 6.45) is 9.11. The fourth-order valence-corrected chi connectivity index (χ4v) is 6.85. The van der Waals surface area contributed by atoms with Gasteiger partial charge in [0.25, 0.3) is 5.91 Å². The van der Waals surface area contributed by atoms with Crippen molar-refractivity contribution in [2.24, 2.45) is 5.92 Å². The average molecular weight is 561 g/mol. The molecular formula is C34H48N4O3.